The van der Waals surface area contributed by atoms with Gasteiger partial charge in [0.2, 0.25) is 5.91 Å². The SMILES string of the molecule is CCCCCCCCCC/C=C\CCCCCCCCCCCCCCCCCCCCCCCCCCCCCCCC(=O)NC(COP(=O)(O)OCC[N+](C)(C)C)C(O)CCCCCCCCCCCCCCCCCCCCCCC. The number of unbranched alkanes of at least 4 members (excludes halogenated alkanes) is 57. The average molecular weight is 1210 g/mol. The molecule has 0 spiro atoms. The van der Waals surface area contributed by atoms with Crippen LogP contribution in [0.15, 0.2) is 12.2 Å². The van der Waals surface area contributed by atoms with E-state index in [-0.39, 0.29) is 19.1 Å². The minimum absolute atomic E-state index is 0.0789. The van der Waals surface area contributed by atoms with Crippen LogP contribution in [-0.2, 0) is 18.4 Å². The molecule has 0 aliphatic rings. The molecule has 0 aliphatic heterocycles. The summed E-state index contributed by atoms with van der Waals surface area (Å²) in [6.07, 6.45) is 86.4. The van der Waals surface area contributed by atoms with E-state index >= 15 is 0 Å². The largest absolute Gasteiger partial charge is 0.472 e. The predicted molar refractivity (Wildman–Crippen MR) is 369 cm³/mol. The number of phosphoric ester groups is 1. The summed E-state index contributed by atoms with van der Waals surface area (Å²) in [6, 6.07) is -0.758. The molecular weight excluding hydrogens is 1060 g/mol. The number of rotatable bonds is 72. The van der Waals surface area contributed by atoms with Gasteiger partial charge in [-0.1, -0.05) is 379 Å². The fourth-order valence-corrected chi connectivity index (χ4v) is 12.8. The zero-order valence-electron chi connectivity index (χ0n) is 57.7. The summed E-state index contributed by atoms with van der Waals surface area (Å²) in [5, 5.41) is 14.2. The van der Waals surface area contributed by atoms with Gasteiger partial charge in [-0.05, 0) is 38.5 Å². The standard InChI is InChI=1S/C75H151N2O6P/c1-6-8-10-12-14-16-18-20-22-24-26-28-29-30-31-32-33-34-35-36-37-38-39-40-41-42-43-44-45-46-47-49-51-53-55-57-59-61-63-65-67-69-75(79)76-73(72-83-84(80,81)82-71-70-77(3,4)5)74(78)68-66-64-62-60-58-56-54-52-50-48-27-25-23-21-19-17-15-13-11-9-7-2/h24,26,73-74,78H,6-23,25,27-72H2,1-5H3,(H-,76,79,80,81)/p+1/b26-24-. The van der Waals surface area contributed by atoms with Gasteiger partial charge >= 0.3 is 7.82 Å². The Morgan fingerprint density at radius 3 is 0.917 bits per heavy atom. The van der Waals surface area contributed by atoms with E-state index in [0.717, 1.165) is 38.5 Å². The van der Waals surface area contributed by atoms with E-state index in [4.69, 9.17) is 9.05 Å². The number of hydrogen-bond acceptors (Lipinski definition) is 5. The lowest BCUT2D eigenvalue weighted by Crippen LogP contribution is -2.46. The van der Waals surface area contributed by atoms with Crippen molar-refractivity contribution < 1.29 is 32.9 Å². The Bertz CT molecular complexity index is 1370. The number of phosphoric acid groups is 1. The first-order valence-corrected chi connectivity index (χ1v) is 39.5. The molecule has 3 N–H and O–H groups in total. The van der Waals surface area contributed by atoms with Gasteiger partial charge in [-0.15, -0.1) is 0 Å². The molecule has 0 aliphatic carbocycles. The van der Waals surface area contributed by atoms with Gasteiger partial charge in [-0.3, -0.25) is 13.8 Å². The van der Waals surface area contributed by atoms with E-state index in [1.165, 1.54) is 347 Å². The minimum atomic E-state index is -4.33. The summed E-state index contributed by atoms with van der Waals surface area (Å²) in [7, 11) is 1.64. The number of aliphatic hydroxyl groups is 1. The Balaban J connectivity index is 3.84. The second-order valence-corrected chi connectivity index (χ2v) is 29.2. The van der Waals surface area contributed by atoms with E-state index < -0.39 is 20.0 Å². The maximum absolute atomic E-state index is 13.1. The van der Waals surface area contributed by atoms with E-state index in [1.807, 2.05) is 21.1 Å². The zero-order chi connectivity index (χ0) is 61.2. The fourth-order valence-electron chi connectivity index (χ4n) is 12.1. The zero-order valence-corrected chi connectivity index (χ0v) is 58.6. The quantitative estimate of drug-likeness (QED) is 0.0243. The Hall–Kier alpha value is -0.760. The molecule has 0 aromatic carbocycles. The number of nitrogens with zero attached hydrogens (tertiary/aromatic N) is 1. The fraction of sp³-hybridized carbons (Fsp3) is 0.960. The monoisotopic (exact) mass is 1210 g/mol. The number of hydrogen-bond donors (Lipinski definition) is 3. The van der Waals surface area contributed by atoms with Gasteiger partial charge in [0, 0.05) is 6.42 Å². The number of nitrogens with one attached hydrogen (secondary N) is 1. The van der Waals surface area contributed by atoms with Crippen LogP contribution in [0.25, 0.3) is 0 Å². The van der Waals surface area contributed by atoms with E-state index in [2.05, 4.69) is 31.3 Å². The summed E-state index contributed by atoms with van der Waals surface area (Å²) in [4.78, 5) is 23.5. The van der Waals surface area contributed by atoms with Gasteiger partial charge in [-0.2, -0.15) is 0 Å². The normalized spacial score (nSPS) is 13.6. The van der Waals surface area contributed by atoms with Crippen LogP contribution in [0.3, 0.4) is 0 Å². The van der Waals surface area contributed by atoms with Crippen LogP contribution in [-0.4, -0.2) is 73.4 Å². The molecule has 0 fully saturated rings. The van der Waals surface area contributed by atoms with Gasteiger partial charge in [0.05, 0.1) is 39.9 Å². The third kappa shape index (κ3) is 68.7. The van der Waals surface area contributed by atoms with Gasteiger partial charge < -0.3 is 19.8 Å². The van der Waals surface area contributed by atoms with Crippen molar-refractivity contribution >= 4 is 13.7 Å². The third-order valence-electron chi connectivity index (χ3n) is 18.0. The van der Waals surface area contributed by atoms with Crippen molar-refractivity contribution in [1.29, 1.82) is 0 Å². The number of allylic oxidation sites excluding steroid dienone is 2. The predicted octanol–water partition coefficient (Wildman–Crippen LogP) is 24.5. The molecular formula is C75H152N2O6P+. The van der Waals surface area contributed by atoms with Crippen LogP contribution in [0.5, 0.6) is 0 Å². The molecule has 0 radical (unpaired) electrons. The van der Waals surface area contributed by atoms with Gasteiger partial charge in [0.15, 0.2) is 0 Å². The summed E-state index contributed by atoms with van der Waals surface area (Å²) < 4.78 is 23.9. The van der Waals surface area contributed by atoms with Crippen LogP contribution >= 0.6 is 7.82 Å². The molecule has 0 heterocycles. The maximum atomic E-state index is 13.1. The maximum Gasteiger partial charge on any atom is 0.472 e. The van der Waals surface area contributed by atoms with Crippen molar-refractivity contribution in [3.8, 4) is 0 Å². The minimum Gasteiger partial charge on any atom is -0.391 e. The molecule has 8 nitrogen and oxygen atoms in total. The first-order chi connectivity index (χ1) is 41.0. The highest BCUT2D eigenvalue weighted by atomic mass is 31.2. The van der Waals surface area contributed by atoms with Crippen molar-refractivity contribution in [1.82, 2.24) is 5.32 Å². The summed E-state index contributed by atoms with van der Waals surface area (Å²) in [5.41, 5.74) is 0. The topological polar surface area (TPSA) is 105 Å². The number of amides is 1. The van der Waals surface area contributed by atoms with E-state index in [9.17, 15) is 19.4 Å². The van der Waals surface area contributed by atoms with Crippen LogP contribution in [0.4, 0.5) is 0 Å². The van der Waals surface area contributed by atoms with Crippen molar-refractivity contribution in [2.24, 2.45) is 0 Å². The molecule has 3 unspecified atom stereocenters. The smallest absolute Gasteiger partial charge is 0.391 e. The Kier molecular flexibility index (Phi) is 66.1. The molecule has 0 bridgehead atoms. The average Bonchev–Trinajstić information content (AvgIpc) is 3.56. The Morgan fingerprint density at radius 2 is 0.643 bits per heavy atom. The molecule has 0 rings (SSSR count). The third-order valence-corrected chi connectivity index (χ3v) is 19.0. The number of carbonyl (C=O) groups is 1. The van der Waals surface area contributed by atoms with E-state index in [0.29, 0.717) is 23.9 Å². The van der Waals surface area contributed by atoms with Crippen LogP contribution in [0.1, 0.15) is 412 Å². The first kappa shape index (κ1) is 83.2. The van der Waals surface area contributed by atoms with Crippen molar-refractivity contribution in [3.05, 3.63) is 12.2 Å². The molecule has 0 aromatic rings. The first-order valence-electron chi connectivity index (χ1n) is 38.1. The van der Waals surface area contributed by atoms with Crippen LogP contribution < -0.4 is 5.32 Å². The lowest BCUT2D eigenvalue weighted by molar-refractivity contribution is -0.870. The number of likely N-dealkylation sites (N-methyl/N-ethyl adjacent to an activating group) is 1. The molecule has 0 saturated carbocycles. The number of carbonyl (C=O) groups excluding carboxylic acids is 1. The molecule has 502 valence electrons. The van der Waals surface area contributed by atoms with Crippen molar-refractivity contribution in [2.75, 3.05) is 40.9 Å². The molecule has 0 saturated heterocycles. The molecule has 9 heteroatoms. The molecule has 1 amide bonds. The highest BCUT2D eigenvalue weighted by Crippen LogP contribution is 2.43. The summed E-state index contributed by atoms with van der Waals surface area (Å²) in [6.45, 7) is 4.96. The van der Waals surface area contributed by atoms with Crippen LogP contribution in [0, 0.1) is 0 Å². The van der Waals surface area contributed by atoms with E-state index in [1.54, 1.807) is 0 Å². The highest BCUT2D eigenvalue weighted by Gasteiger charge is 2.28. The van der Waals surface area contributed by atoms with Gasteiger partial charge in [0.25, 0.3) is 0 Å². The highest BCUT2D eigenvalue weighted by molar-refractivity contribution is 7.47. The summed E-state index contributed by atoms with van der Waals surface area (Å²) >= 11 is 0. The number of quaternary nitrogens is 1. The van der Waals surface area contributed by atoms with Crippen molar-refractivity contribution in [2.45, 2.75) is 424 Å². The number of aliphatic hydroxyl groups excluding tert-OH is 1. The second-order valence-electron chi connectivity index (χ2n) is 27.7. The van der Waals surface area contributed by atoms with Gasteiger partial charge in [0.1, 0.15) is 13.2 Å². The van der Waals surface area contributed by atoms with Gasteiger partial charge in [-0.25, -0.2) is 4.57 Å². The molecule has 0 aromatic heterocycles. The Labute approximate surface area is 526 Å². The Morgan fingerprint density at radius 1 is 0.393 bits per heavy atom. The molecule has 84 heavy (non-hydrogen) atoms. The molecule has 3 atom stereocenters. The lowest BCUT2D eigenvalue weighted by atomic mass is 10.0. The van der Waals surface area contributed by atoms with Crippen molar-refractivity contribution in [3.63, 3.8) is 0 Å². The van der Waals surface area contributed by atoms with Crippen LogP contribution in [0.2, 0.25) is 0 Å². The summed E-state index contributed by atoms with van der Waals surface area (Å²) in [5.74, 6) is -0.133. The lowest BCUT2D eigenvalue weighted by Gasteiger charge is -2.26. The second kappa shape index (κ2) is 66.7.